The van der Waals surface area contributed by atoms with Crippen LogP contribution in [0.2, 0.25) is 0 Å². The van der Waals surface area contributed by atoms with E-state index in [0.29, 0.717) is 12.8 Å². The molecule has 0 bridgehead atoms. The van der Waals surface area contributed by atoms with E-state index in [1.807, 2.05) is 18.2 Å². The first-order chi connectivity index (χ1) is 11.2. The fraction of sp³-hybridized carbons (Fsp3) is 0.412. The molecule has 0 radical (unpaired) electrons. The number of nitrogens with one attached hydrogen (secondary N) is 1. The zero-order chi connectivity index (χ0) is 16.2. The topological polar surface area (TPSA) is 60.5 Å². The number of aromatic nitrogens is 1. The van der Waals surface area contributed by atoms with Gasteiger partial charge in [0.15, 0.2) is 5.13 Å². The Balaban J connectivity index is 1.60. The van der Waals surface area contributed by atoms with Crippen molar-refractivity contribution >= 4 is 22.4 Å². The van der Waals surface area contributed by atoms with E-state index in [2.05, 4.69) is 10.3 Å². The Bertz CT molecular complexity index is 690. The highest BCUT2D eigenvalue weighted by Gasteiger charge is 2.17. The molecule has 1 aromatic heterocycles. The third kappa shape index (κ3) is 3.64. The summed E-state index contributed by atoms with van der Waals surface area (Å²) in [6.07, 6.45) is 4.27. The molecule has 0 saturated carbocycles. The summed E-state index contributed by atoms with van der Waals surface area (Å²) in [5, 5.41) is 3.62. The molecule has 0 atom stereocenters. The summed E-state index contributed by atoms with van der Waals surface area (Å²) in [4.78, 5) is 18.0. The Morgan fingerprint density at radius 3 is 2.91 bits per heavy atom. The average molecular weight is 332 g/mol. The SMILES string of the molecule is COc1ccc(OC)c(CCC(=O)Nc2nc3c(s2)CCC3)c1. The summed E-state index contributed by atoms with van der Waals surface area (Å²) in [6, 6.07) is 5.61. The van der Waals surface area contributed by atoms with E-state index in [4.69, 9.17) is 9.47 Å². The maximum atomic E-state index is 12.2. The van der Waals surface area contributed by atoms with E-state index in [-0.39, 0.29) is 5.91 Å². The normalized spacial score (nSPS) is 12.8. The number of amides is 1. The lowest BCUT2D eigenvalue weighted by Gasteiger charge is -2.10. The van der Waals surface area contributed by atoms with Gasteiger partial charge in [0.2, 0.25) is 5.91 Å². The minimum Gasteiger partial charge on any atom is -0.497 e. The summed E-state index contributed by atoms with van der Waals surface area (Å²) in [7, 11) is 3.25. The first kappa shape index (κ1) is 15.8. The van der Waals surface area contributed by atoms with Crippen molar-refractivity contribution in [2.75, 3.05) is 19.5 Å². The summed E-state index contributed by atoms with van der Waals surface area (Å²) in [5.41, 5.74) is 2.11. The van der Waals surface area contributed by atoms with Crippen molar-refractivity contribution in [2.45, 2.75) is 32.1 Å². The Labute approximate surface area is 139 Å². The molecule has 3 rings (SSSR count). The van der Waals surface area contributed by atoms with Gasteiger partial charge in [0.05, 0.1) is 19.9 Å². The largest absolute Gasteiger partial charge is 0.497 e. The predicted molar refractivity (Wildman–Crippen MR) is 90.6 cm³/mol. The molecule has 23 heavy (non-hydrogen) atoms. The molecule has 0 fully saturated rings. The van der Waals surface area contributed by atoms with E-state index in [9.17, 15) is 4.79 Å². The summed E-state index contributed by atoms with van der Waals surface area (Å²) in [5.74, 6) is 1.51. The number of hydrogen-bond donors (Lipinski definition) is 1. The van der Waals surface area contributed by atoms with Gasteiger partial charge in [-0.05, 0) is 49.4 Å². The van der Waals surface area contributed by atoms with Crippen molar-refractivity contribution in [3.8, 4) is 11.5 Å². The average Bonchev–Trinajstić information content (AvgIpc) is 3.13. The molecule has 122 valence electrons. The Morgan fingerprint density at radius 1 is 1.30 bits per heavy atom. The number of benzene rings is 1. The number of methoxy groups -OCH3 is 2. The molecule has 1 heterocycles. The van der Waals surface area contributed by atoms with Crippen molar-refractivity contribution in [1.82, 2.24) is 4.98 Å². The first-order valence-electron chi connectivity index (χ1n) is 7.69. The van der Waals surface area contributed by atoms with Gasteiger partial charge in [-0.2, -0.15) is 0 Å². The fourth-order valence-electron chi connectivity index (χ4n) is 2.75. The van der Waals surface area contributed by atoms with Gasteiger partial charge >= 0.3 is 0 Å². The van der Waals surface area contributed by atoms with Gasteiger partial charge in [0, 0.05) is 11.3 Å². The van der Waals surface area contributed by atoms with Crippen LogP contribution in [0.3, 0.4) is 0 Å². The highest BCUT2D eigenvalue weighted by Crippen LogP contribution is 2.30. The van der Waals surface area contributed by atoms with Gasteiger partial charge in [0.25, 0.3) is 0 Å². The van der Waals surface area contributed by atoms with E-state index in [0.717, 1.165) is 40.7 Å². The van der Waals surface area contributed by atoms with Gasteiger partial charge in [-0.25, -0.2) is 4.98 Å². The van der Waals surface area contributed by atoms with Gasteiger partial charge in [-0.3, -0.25) is 4.79 Å². The molecule has 6 heteroatoms. The molecule has 0 aliphatic heterocycles. The van der Waals surface area contributed by atoms with Crippen LogP contribution < -0.4 is 14.8 Å². The van der Waals surface area contributed by atoms with Crippen LogP contribution in [0, 0.1) is 0 Å². The number of hydrogen-bond acceptors (Lipinski definition) is 5. The number of carbonyl (C=O) groups is 1. The first-order valence-corrected chi connectivity index (χ1v) is 8.50. The molecule has 2 aromatic rings. The molecule has 1 aromatic carbocycles. The maximum Gasteiger partial charge on any atom is 0.226 e. The number of aryl methyl sites for hydroxylation is 3. The lowest BCUT2D eigenvalue weighted by molar-refractivity contribution is -0.116. The lowest BCUT2D eigenvalue weighted by atomic mass is 10.1. The van der Waals surface area contributed by atoms with Gasteiger partial charge < -0.3 is 14.8 Å². The van der Waals surface area contributed by atoms with E-state index < -0.39 is 0 Å². The molecule has 0 spiro atoms. The van der Waals surface area contributed by atoms with Gasteiger partial charge in [-0.1, -0.05) is 0 Å². The van der Waals surface area contributed by atoms with Crippen LogP contribution in [-0.2, 0) is 24.1 Å². The second kappa shape index (κ2) is 7.00. The standard InChI is InChI=1S/C17H20N2O3S/c1-21-12-7-8-14(22-2)11(10-12)6-9-16(20)19-17-18-13-4-3-5-15(13)23-17/h7-8,10H,3-6,9H2,1-2H3,(H,18,19,20). The van der Waals surface area contributed by atoms with Crippen LogP contribution in [0.4, 0.5) is 5.13 Å². The highest BCUT2D eigenvalue weighted by molar-refractivity contribution is 7.15. The van der Waals surface area contributed by atoms with Crippen LogP contribution in [0.15, 0.2) is 18.2 Å². The third-order valence-electron chi connectivity index (χ3n) is 3.95. The minimum absolute atomic E-state index is 0.0257. The molecule has 0 unspecified atom stereocenters. The second-order valence-corrected chi connectivity index (χ2v) is 6.55. The molecular formula is C17H20N2O3S. The second-order valence-electron chi connectivity index (χ2n) is 5.47. The molecule has 1 aliphatic carbocycles. The van der Waals surface area contributed by atoms with Crippen molar-refractivity contribution in [3.05, 3.63) is 34.3 Å². The van der Waals surface area contributed by atoms with Crippen LogP contribution in [0.1, 0.15) is 29.0 Å². The Hall–Kier alpha value is -2.08. The monoisotopic (exact) mass is 332 g/mol. The fourth-order valence-corrected chi connectivity index (χ4v) is 3.82. The van der Waals surface area contributed by atoms with Crippen LogP contribution in [0.5, 0.6) is 11.5 Å². The van der Waals surface area contributed by atoms with E-state index >= 15 is 0 Å². The summed E-state index contributed by atoms with van der Waals surface area (Å²) >= 11 is 1.60. The number of thiazole rings is 1. The van der Waals surface area contributed by atoms with Gasteiger partial charge in [-0.15, -0.1) is 11.3 Å². The van der Waals surface area contributed by atoms with E-state index in [1.54, 1.807) is 25.6 Å². The Kier molecular flexibility index (Phi) is 4.81. The Morgan fingerprint density at radius 2 is 2.17 bits per heavy atom. The van der Waals surface area contributed by atoms with Gasteiger partial charge in [0.1, 0.15) is 11.5 Å². The molecule has 0 saturated heterocycles. The maximum absolute atomic E-state index is 12.2. The molecule has 1 amide bonds. The van der Waals surface area contributed by atoms with Crippen LogP contribution in [0.25, 0.3) is 0 Å². The molecule has 5 nitrogen and oxygen atoms in total. The van der Waals surface area contributed by atoms with Crippen molar-refractivity contribution in [2.24, 2.45) is 0 Å². The number of nitrogens with zero attached hydrogens (tertiary/aromatic N) is 1. The zero-order valence-electron chi connectivity index (χ0n) is 13.3. The lowest BCUT2D eigenvalue weighted by Crippen LogP contribution is -2.12. The van der Waals surface area contributed by atoms with Crippen molar-refractivity contribution in [1.29, 1.82) is 0 Å². The number of fused-ring (bicyclic) bond motifs is 1. The number of rotatable bonds is 6. The van der Waals surface area contributed by atoms with E-state index in [1.165, 1.54) is 11.3 Å². The van der Waals surface area contributed by atoms with Crippen LogP contribution in [-0.4, -0.2) is 25.1 Å². The summed E-state index contributed by atoms with van der Waals surface area (Å²) in [6.45, 7) is 0. The smallest absolute Gasteiger partial charge is 0.226 e. The highest BCUT2D eigenvalue weighted by atomic mass is 32.1. The summed E-state index contributed by atoms with van der Waals surface area (Å²) < 4.78 is 10.6. The quantitative estimate of drug-likeness (QED) is 0.882. The minimum atomic E-state index is -0.0257. The third-order valence-corrected chi connectivity index (χ3v) is 5.02. The van der Waals surface area contributed by atoms with Crippen LogP contribution >= 0.6 is 11.3 Å². The number of anilines is 1. The van der Waals surface area contributed by atoms with Crippen molar-refractivity contribution < 1.29 is 14.3 Å². The number of ether oxygens (including phenoxy) is 2. The predicted octanol–water partition coefficient (Wildman–Crippen LogP) is 3.22. The number of carbonyl (C=O) groups excluding carboxylic acids is 1. The molecule has 1 aliphatic rings. The zero-order valence-corrected chi connectivity index (χ0v) is 14.2. The van der Waals surface area contributed by atoms with Crippen molar-refractivity contribution in [3.63, 3.8) is 0 Å². The molecular weight excluding hydrogens is 312 g/mol. The molecule has 1 N–H and O–H groups in total.